The first-order valence-corrected chi connectivity index (χ1v) is 7.98. The Hall–Kier alpha value is -1.32. The second-order valence-corrected chi connectivity index (χ2v) is 5.99. The lowest BCUT2D eigenvalue weighted by Crippen LogP contribution is -2.39. The van der Waals surface area contributed by atoms with Gasteiger partial charge in [0.05, 0.1) is 5.60 Å². The molecule has 0 spiro atoms. The molecule has 1 aromatic carbocycles. The predicted octanol–water partition coefficient (Wildman–Crippen LogP) is 3.43. The maximum atomic E-state index is 10.6. The zero-order chi connectivity index (χ0) is 15.0. The highest BCUT2D eigenvalue weighted by Gasteiger charge is 2.27. The van der Waals surface area contributed by atoms with Gasteiger partial charge in [-0.1, -0.05) is 50.5 Å². The van der Waals surface area contributed by atoms with E-state index in [-0.39, 0.29) is 0 Å². The summed E-state index contributed by atoms with van der Waals surface area (Å²) in [4.78, 5) is 0. The minimum absolute atomic E-state index is 0.510. The SMILES string of the molecule is C=CCOc1ccc(CNCC2(O)CCCCCC2)cc1. The topological polar surface area (TPSA) is 41.5 Å². The molecule has 3 nitrogen and oxygen atoms in total. The van der Waals surface area contributed by atoms with Gasteiger partial charge in [0.15, 0.2) is 0 Å². The third-order valence-corrected chi connectivity index (χ3v) is 4.11. The molecule has 3 heteroatoms. The number of benzene rings is 1. The van der Waals surface area contributed by atoms with Crippen molar-refractivity contribution in [3.63, 3.8) is 0 Å². The van der Waals surface area contributed by atoms with Crippen molar-refractivity contribution in [1.82, 2.24) is 5.32 Å². The number of aliphatic hydroxyl groups is 1. The zero-order valence-corrected chi connectivity index (χ0v) is 12.8. The van der Waals surface area contributed by atoms with Gasteiger partial charge in [0.1, 0.15) is 12.4 Å². The second kappa shape index (κ2) is 8.20. The van der Waals surface area contributed by atoms with Gasteiger partial charge in [-0.25, -0.2) is 0 Å². The Morgan fingerprint density at radius 1 is 1.14 bits per heavy atom. The lowest BCUT2D eigenvalue weighted by Gasteiger charge is -2.27. The fourth-order valence-corrected chi connectivity index (χ4v) is 2.86. The lowest BCUT2D eigenvalue weighted by atomic mass is 9.94. The van der Waals surface area contributed by atoms with Gasteiger partial charge in [-0.2, -0.15) is 0 Å². The molecule has 116 valence electrons. The highest BCUT2D eigenvalue weighted by molar-refractivity contribution is 5.27. The molecule has 0 unspecified atom stereocenters. The first-order valence-electron chi connectivity index (χ1n) is 7.98. The molecule has 0 radical (unpaired) electrons. The van der Waals surface area contributed by atoms with Crippen LogP contribution in [0.5, 0.6) is 5.75 Å². The van der Waals surface area contributed by atoms with Crippen molar-refractivity contribution in [2.24, 2.45) is 0 Å². The van der Waals surface area contributed by atoms with Gasteiger partial charge < -0.3 is 15.2 Å². The summed E-state index contributed by atoms with van der Waals surface area (Å²) in [6, 6.07) is 8.06. The molecule has 1 aliphatic rings. The Kier molecular flexibility index (Phi) is 6.27. The van der Waals surface area contributed by atoms with Crippen molar-refractivity contribution in [1.29, 1.82) is 0 Å². The molecule has 0 heterocycles. The van der Waals surface area contributed by atoms with Gasteiger partial charge in [-0.05, 0) is 30.5 Å². The number of hydrogen-bond donors (Lipinski definition) is 2. The normalized spacial score (nSPS) is 18.0. The second-order valence-electron chi connectivity index (χ2n) is 5.99. The van der Waals surface area contributed by atoms with E-state index in [1.54, 1.807) is 6.08 Å². The summed E-state index contributed by atoms with van der Waals surface area (Å²) in [6.07, 6.45) is 8.40. The molecule has 1 fully saturated rings. The van der Waals surface area contributed by atoms with Crippen molar-refractivity contribution >= 4 is 0 Å². The zero-order valence-electron chi connectivity index (χ0n) is 12.8. The van der Waals surface area contributed by atoms with Crippen molar-refractivity contribution in [3.05, 3.63) is 42.5 Å². The third-order valence-electron chi connectivity index (χ3n) is 4.11. The van der Waals surface area contributed by atoms with Crippen molar-refractivity contribution < 1.29 is 9.84 Å². The van der Waals surface area contributed by atoms with Crippen LogP contribution in [0.25, 0.3) is 0 Å². The smallest absolute Gasteiger partial charge is 0.119 e. The highest BCUT2D eigenvalue weighted by atomic mass is 16.5. The Labute approximate surface area is 128 Å². The Morgan fingerprint density at radius 3 is 2.43 bits per heavy atom. The molecular formula is C18H27NO2. The van der Waals surface area contributed by atoms with E-state index in [1.807, 2.05) is 12.1 Å². The summed E-state index contributed by atoms with van der Waals surface area (Å²) in [5.74, 6) is 0.862. The molecule has 1 aliphatic carbocycles. The number of ether oxygens (including phenoxy) is 1. The third kappa shape index (κ3) is 5.52. The van der Waals surface area contributed by atoms with Gasteiger partial charge >= 0.3 is 0 Å². The first kappa shape index (κ1) is 16.1. The summed E-state index contributed by atoms with van der Waals surface area (Å²) in [7, 11) is 0. The van der Waals surface area contributed by atoms with Crippen LogP contribution in [0.4, 0.5) is 0 Å². The molecule has 1 aromatic rings. The Morgan fingerprint density at radius 2 is 1.81 bits per heavy atom. The van der Waals surface area contributed by atoms with Crippen LogP contribution in [0.1, 0.15) is 44.1 Å². The van der Waals surface area contributed by atoms with Gasteiger partial charge in [-0.15, -0.1) is 0 Å². The van der Waals surface area contributed by atoms with Crippen LogP contribution in [0, 0.1) is 0 Å². The molecule has 0 amide bonds. The van der Waals surface area contributed by atoms with Gasteiger partial charge in [0.25, 0.3) is 0 Å². The van der Waals surface area contributed by atoms with Crippen molar-refractivity contribution in [3.8, 4) is 5.75 Å². The lowest BCUT2D eigenvalue weighted by molar-refractivity contribution is 0.0250. The quantitative estimate of drug-likeness (QED) is 0.597. The monoisotopic (exact) mass is 289 g/mol. The summed E-state index contributed by atoms with van der Waals surface area (Å²) in [5, 5.41) is 14.0. The van der Waals surface area contributed by atoms with Crippen molar-refractivity contribution in [2.75, 3.05) is 13.2 Å². The standard InChI is InChI=1S/C18H27NO2/c1-2-13-21-17-9-7-16(8-10-17)14-19-15-18(20)11-5-3-4-6-12-18/h2,7-10,19-20H,1,3-6,11-15H2. The molecule has 2 rings (SSSR count). The van der Waals surface area contributed by atoms with Crippen LogP contribution in [0.15, 0.2) is 36.9 Å². The molecular weight excluding hydrogens is 262 g/mol. The Bertz CT molecular complexity index is 419. The van der Waals surface area contributed by atoms with E-state index < -0.39 is 5.60 Å². The molecule has 0 saturated heterocycles. The summed E-state index contributed by atoms with van der Waals surface area (Å²) < 4.78 is 5.46. The summed E-state index contributed by atoms with van der Waals surface area (Å²) in [6.45, 7) is 5.63. The first-order chi connectivity index (χ1) is 10.2. The van der Waals surface area contributed by atoms with Crippen LogP contribution < -0.4 is 10.1 Å². The van der Waals surface area contributed by atoms with Gasteiger partial charge in [0.2, 0.25) is 0 Å². The maximum absolute atomic E-state index is 10.6. The Balaban J connectivity index is 1.75. The molecule has 1 saturated carbocycles. The van der Waals surface area contributed by atoms with E-state index in [0.29, 0.717) is 13.2 Å². The van der Waals surface area contributed by atoms with Crippen LogP contribution in [-0.2, 0) is 6.54 Å². The molecule has 0 bridgehead atoms. The van der Waals surface area contributed by atoms with E-state index in [2.05, 4.69) is 24.0 Å². The molecule has 2 N–H and O–H groups in total. The predicted molar refractivity (Wildman–Crippen MR) is 86.5 cm³/mol. The fraction of sp³-hybridized carbons (Fsp3) is 0.556. The largest absolute Gasteiger partial charge is 0.490 e. The number of hydrogen-bond acceptors (Lipinski definition) is 3. The minimum Gasteiger partial charge on any atom is -0.490 e. The average Bonchev–Trinajstić information content (AvgIpc) is 2.71. The average molecular weight is 289 g/mol. The van der Waals surface area contributed by atoms with Crippen molar-refractivity contribution in [2.45, 2.75) is 50.7 Å². The minimum atomic E-state index is -0.510. The van der Waals surface area contributed by atoms with Crippen LogP contribution in [0.3, 0.4) is 0 Å². The van der Waals surface area contributed by atoms with Crippen LogP contribution >= 0.6 is 0 Å². The molecule has 21 heavy (non-hydrogen) atoms. The highest BCUT2D eigenvalue weighted by Crippen LogP contribution is 2.26. The summed E-state index contributed by atoms with van der Waals surface area (Å²) in [5.41, 5.74) is 0.696. The number of nitrogens with one attached hydrogen (secondary N) is 1. The van der Waals surface area contributed by atoms with E-state index >= 15 is 0 Å². The molecule has 0 aliphatic heterocycles. The van der Waals surface area contributed by atoms with E-state index in [0.717, 1.165) is 38.0 Å². The fourth-order valence-electron chi connectivity index (χ4n) is 2.86. The van der Waals surface area contributed by atoms with Gasteiger partial charge in [-0.3, -0.25) is 0 Å². The molecule has 0 aromatic heterocycles. The van der Waals surface area contributed by atoms with E-state index in [9.17, 15) is 5.11 Å². The number of rotatable bonds is 7. The molecule has 0 atom stereocenters. The van der Waals surface area contributed by atoms with Crippen LogP contribution in [-0.4, -0.2) is 23.9 Å². The van der Waals surface area contributed by atoms with Crippen LogP contribution in [0.2, 0.25) is 0 Å². The van der Waals surface area contributed by atoms with E-state index in [4.69, 9.17) is 4.74 Å². The summed E-state index contributed by atoms with van der Waals surface area (Å²) >= 11 is 0. The van der Waals surface area contributed by atoms with E-state index in [1.165, 1.54) is 18.4 Å². The maximum Gasteiger partial charge on any atom is 0.119 e. The van der Waals surface area contributed by atoms with Gasteiger partial charge in [0, 0.05) is 13.1 Å².